The summed E-state index contributed by atoms with van der Waals surface area (Å²) in [5.41, 5.74) is 1.21. The Balaban J connectivity index is 1.40. The van der Waals surface area contributed by atoms with E-state index in [1.165, 1.54) is 18.9 Å². The highest BCUT2D eigenvalue weighted by Gasteiger charge is 2.41. The van der Waals surface area contributed by atoms with Crippen LogP contribution in [-0.4, -0.2) is 32.6 Å². The van der Waals surface area contributed by atoms with E-state index in [1.54, 1.807) is 29.4 Å². The summed E-state index contributed by atoms with van der Waals surface area (Å²) in [6.45, 7) is 2.48. The first kappa shape index (κ1) is 16.1. The Bertz CT molecular complexity index is 753. The maximum absolute atomic E-state index is 14.3. The van der Waals surface area contributed by atoms with Crippen LogP contribution in [0.4, 0.5) is 9.18 Å². The first-order chi connectivity index (χ1) is 12.1. The quantitative estimate of drug-likeness (QED) is 0.874. The minimum Gasteiger partial charge on any atom is -0.334 e. The van der Waals surface area contributed by atoms with E-state index in [4.69, 9.17) is 0 Å². The first-order valence-corrected chi connectivity index (χ1v) is 8.96. The van der Waals surface area contributed by atoms with Gasteiger partial charge in [-0.25, -0.2) is 14.2 Å². The molecule has 1 atom stereocenters. The van der Waals surface area contributed by atoms with Gasteiger partial charge in [0, 0.05) is 31.0 Å². The Morgan fingerprint density at radius 2 is 2.20 bits per heavy atom. The molecule has 0 saturated heterocycles. The Morgan fingerprint density at radius 1 is 1.40 bits per heavy atom. The topological polar surface area (TPSA) is 50.2 Å². The summed E-state index contributed by atoms with van der Waals surface area (Å²) in [6, 6.07) is 5.68. The summed E-state index contributed by atoms with van der Waals surface area (Å²) < 4.78 is 15.9. The summed E-state index contributed by atoms with van der Waals surface area (Å²) in [6.07, 6.45) is 9.51. The molecular weight excluding hydrogens is 319 g/mol. The summed E-state index contributed by atoms with van der Waals surface area (Å²) in [5, 5.41) is 2.97. The van der Waals surface area contributed by atoms with Crippen molar-refractivity contribution < 1.29 is 9.18 Å². The maximum atomic E-state index is 14.3. The van der Waals surface area contributed by atoms with Gasteiger partial charge in [0.15, 0.2) is 0 Å². The molecule has 5 nitrogen and oxygen atoms in total. The van der Waals surface area contributed by atoms with Crippen molar-refractivity contribution in [2.24, 2.45) is 5.92 Å². The van der Waals surface area contributed by atoms with E-state index in [0.717, 1.165) is 18.4 Å². The van der Waals surface area contributed by atoms with Gasteiger partial charge in [0.25, 0.3) is 0 Å². The fraction of sp³-hybridized carbons (Fsp3) is 0.474. The lowest BCUT2D eigenvalue weighted by Gasteiger charge is -2.29. The lowest BCUT2D eigenvalue weighted by molar-refractivity contribution is 0.166. The molecule has 1 aromatic heterocycles. The summed E-state index contributed by atoms with van der Waals surface area (Å²) in [5.74, 6) is 0.327. The van der Waals surface area contributed by atoms with Crippen LogP contribution in [-0.2, 0) is 6.54 Å². The molecule has 1 unspecified atom stereocenters. The molecule has 0 spiro atoms. The molecule has 25 heavy (non-hydrogen) atoms. The van der Waals surface area contributed by atoms with Gasteiger partial charge in [0.1, 0.15) is 5.82 Å². The second kappa shape index (κ2) is 6.50. The molecule has 4 rings (SSSR count). The second-order valence-electron chi connectivity index (χ2n) is 7.13. The van der Waals surface area contributed by atoms with Crippen molar-refractivity contribution >= 4 is 6.03 Å². The minimum atomic E-state index is -0.324. The molecule has 1 N–H and O–H groups in total. The number of urea groups is 1. The van der Waals surface area contributed by atoms with Gasteiger partial charge < -0.3 is 14.8 Å². The summed E-state index contributed by atoms with van der Waals surface area (Å²) >= 11 is 0. The second-order valence-corrected chi connectivity index (χ2v) is 7.13. The van der Waals surface area contributed by atoms with Gasteiger partial charge in [-0.1, -0.05) is 6.07 Å². The van der Waals surface area contributed by atoms with Crippen LogP contribution >= 0.6 is 0 Å². The minimum absolute atomic E-state index is 0.0269. The molecule has 2 fully saturated rings. The standard InChI is InChI=1S/C19H23FN4O/c1-13(15-3-4-15)24(16-5-6-16)19(25)22-11-14-2-7-18(17(20)10-14)23-9-8-21-12-23/h2,7-10,12-13,15-16H,3-6,11H2,1H3,(H,22,25). The molecule has 2 amide bonds. The third-order valence-corrected chi connectivity index (χ3v) is 5.16. The van der Waals surface area contributed by atoms with E-state index in [0.29, 0.717) is 30.2 Å². The number of halogens is 1. The Kier molecular flexibility index (Phi) is 4.19. The van der Waals surface area contributed by atoms with Gasteiger partial charge in [-0.3, -0.25) is 0 Å². The average Bonchev–Trinajstić information content (AvgIpc) is 3.53. The third-order valence-electron chi connectivity index (χ3n) is 5.16. The van der Waals surface area contributed by atoms with Crippen LogP contribution < -0.4 is 5.32 Å². The normalized spacial score (nSPS) is 18.0. The number of nitrogens with one attached hydrogen (secondary N) is 1. The molecule has 1 aromatic carbocycles. The number of hydrogen-bond donors (Lipinski definition) is 1. The number of hydrogen-bond acceptors (Lipinski definition) is 2. The smallest absolute Gasteiger partial charge is 0.318 e. The average molecular weight is 342 g/mol. The zero-order chi connectivity index (χ0) is 17.4. The number of nitrogens with zero attached hydrogens (tertiary/aromatic N) is 3. The number of amides is 2. The molecule has 2 aliphatic rings. The highest BCUT2D eigenvalue weighted by atomic mass is 19.1. The zero-order valence-corrected chi connectivity index (χ0v) is 14.4. The van der Waals surface area contributed by atoms with E-state index in [1.807, 2.05) is 11.0 Å². The fourth-order valence-electron chi connectivity index (χ4n) is 3.38. The van der Waals surface area contributed by atoms with Crippen LogP contribution in [0.5, 0.6) is 0 Å². The van der Waals surface area contributed by atoms with E-state index < -0.39 is 0 Å². The van der Waals surface area contributed by atoms with Crippen LogP contribution in [0.15, 0.2) is 36.9 Å². The number of rotatable bonds is 6. The predicted octanol–water partition coefficient (Wildman–Crippen LogP) is 3.48. The fourth-order valence-corrected chi connectivity index (χ4v) is 3.38. The summed E-state index contributed by atoms with van der Waals surface area (Å²) in [4.78, 5) is 18.6. The molecule has 1 heterocycles. The Labute approximate surface area is 146 Å². The highest BCUT2D eigenvalue weighted by Crippen LogP contribution is 2.39. The van der Waals surface area contributed by atoms with E-state index in [2.05, 4.69) is 17.2 Å². The Morgan fingerprint density at radius 3 is 2.80 bits per heavy atom. The molecule has 132 valence electrons. The van der Waals surface area contributed by atoms with Crippen molar-refractivity contribution in [1.82, 2.24) is 19.8 Å². The van der Waals surface area contributed by atoms with E-state index in [-0.39, 0.29) is 11.8 Å². The van der Waals surface area contributed by atoms with Crippen LogP contribution in [0.1, 0.15) is 38.2 Å². The molecular formula is C19H23FN4O. The van der Waals surface area contributed by atoms with Gasteiger partial charge in [-0.2, -0.15) is 0 Å². The van der Waals surface area contributed by atoms with Crippen molar-refractivity contribution in [1.29, 1.82) is 0 Å². The Hall–Kier alpha value is -2.37. The van der Waals surface area contributed by atoms with Crippen LogP contribution in [0.2, 0.25) is 0 Å². The third kappa shape index (κ3) is 3.52. The largest absolute Gasteiger partial charge is 0.334 e. The van der Waals surface area contributed by atoms with Crippen LogP contribution in [0, 0.1) is 11.7 Å². The number of carbonyl (C=O) groups is 1. The van der Waals surface area contributed by atoms with Gasteiger partial charge in [-0.15, -0.1) is 0 Å². The van der Waals surface area contributed by atoms with Crippen molar-refractivity contribution in [3.63, 3.8) is 0 Å². The molecule has 2 aliphatic carbocycles. The van der Waals surface area contributed by atoms with Crippen molar-refractivity contribution in [2.45, 2.75) is 51.2 Å². The van der Waals surface area contributed by atoms with Gasteiger partial charge in [0.05, 0.1) is 12.0 Å². The monoisotopic (exact) mass is 342 g/mol. The van der Waals surface area contributed by atoms with Gasteiger partial charge in [0.2, 0.25) is 0 Å². The predicted molar refractivity (Wildman–Crippen MR) is 92.8 cm³/mol. The van der Waals surface area contributed by atoms with E-state index >= 15 is 0 Å². The highest BCUT2D eigenvalue weighted by molar-refractivity contribution is 5.75. The van der Waals surface area contributed by atoms with E-state index in [9.17, 15) is 9.18 Å². The molecule has 0 aliphatic heterocycles. The van der Waals surface area contributed by atoms with Gasteiger partial charge in [-0.05, 0) is 56.2 Å². The van der Waals surface area contributed by atoms with Crippen molar-refractivity contribution in [3.05, 3.63) is 48.3 Å². The molecule has 0 bridgehead atoms. The number of imidazole rings is 1. The van der Waals surface area contributed by atoms with Crippen LogP contribution in [0.25, 0.3) is 5.69 Å². The lowest BCUT2D eigenvalue weighted by atomic mass is 10.1. The van der Waals surface area contributed by atoms with Crippen LogP contribution in [0.3, 0.4) is 0 Å². The SMILES string of the molecule is CC(C1CC1)N(C(=O)NCc1ccc(-n2ccnc2)c(F)c1)C1CC1. The number of benzene rings is 1. The lowest BCUT2D eigenvalue weighted by Crippen LogP contribution is -2.47. The number of carbonyl (C=O) groups excluding carboxylic acids is 1. The summed E-state index contributed by atoms with van der Waals surface area (Å²) in [7, 11) is 0. The number of aromatic nitrogens is 2. The zero-order valence-electron chi connectivity index (χ0n) is 14.4. The van der Waals surface area contributed by atoms with Crippen molar-refractivity contribution in [2.75, 3.05) is 0 Å². The molecule has 2 aromatic rings. The maximum Gasteiger partial charge on any atom is 0.318 e. The first-order valence-electron chi connectivity index (χ1n) is 8.96. The molecule has 6 heteroatoms. The van der Waals surface area contributed by atoms with Gasteiger partial charge >= 0.3 is 6.03 Å². The molecule has 2 saturated carbocycles. The molecule has 0 radical (unpaired) electrons. The van der Waals surface area contributed by atoms with Crippen molar-refractivity contribution in [3.8, 4) is 5.69 Å².